The minimum absolute atomic E-state index is 0.101. The zero-order chi connectivity index (χ0) is 16.8. The molecule has 0 atom stereocenters. The normalized spacial score (nSPS) is 16.1. The van der Waals surface area contributed by atoms with E-state index in [0.717, 1.165) is 16.2 Å². The number of carbonyl (C=O) groups excluding carboxylic acids is 3. The number of amides is 3. The fraction of sp³-hybridized carbons (Fsp3) is 0.188. The van der Waals surface area contributed by atoms with Gasteiger partial charge in [-0.25, -0.2) is 9.69 Å². The van der Waals surface area contributed by atoms with E-state index in [1.165, 1.54) is 13.2 Å². The van der Waals surface area contributed by atoms with Crippen LogP contribution in [0.15, 0.2) is 42.1 Å². The quantitative estimate of drug-likeness (QED) is 0.503. The van der Waals surface area contributed by atoms with Crippen LogP contribution in [0, 0.1) is 0 Å². The molecule has 0 unspecified atom stereocenters. The fourth-order valence-electron chi connectivity index (χ4n) is 1.89. The number of nitrogens with one attached hydrogen (secondary N) is 1. The number of allylic oxidation sites excluding steroid dienone is 2. The minimum Gasteiger partial charge on any atom is -0.497 e. The standard InChI is InChI=1S/C16H16N2O5/c1-22-12-8-6-11(7-9-12)4-3-5-13-15(20)18(16(21)17-13)10-14(19)23-2/h3-9H,10H2,1-2H3,(H,17,21)/b4-3+,13-5+. The summed E-state index contributed by atoms with van der Waals surface area (Å²) in [4.78, 5) is 35.6. The lowest BCUT2D eigenvalue weighted by molar-refractivity contribution is -0.143. The second-order valence-corrected chi connectivity index (χ2v) is 4.61. The van der Waals surface area contributed by atoms with Crippen LogP contribution in [0.3, 0.4) is 0 Å². The molecule has 1 fully saturated rings. The highest BCUT2D eigenvalue weighted by Gasteiger charge is 2.34. The van der Waals surface area contributed by atoms with Crippen LogP contribution in [0.4, 0.5) is 4.79 Å². The number of benzene rings is 1. The first-order chi connectivity index (χ1) is 11.0. The molecule has 0 saturated carbocycles. The summed E-state index contributed by atoms with van der Waals surface area (Å²) < 4.78 is 9.51. The van der Waals surface area contributed by atoms with Crippen molar-refractivity contribution >= 4 is 24.0 Å². The molecule has 3 amide bonds. The van der Waals surface area contributed by atoms with Crippen molar-refractivity contribution in [3.8, 4) is 5.75 Å². The van der Waals surface area contributed by atoms with Crippen molar-refractivity contribution in [2.75, 3.05) is 20.8 Å². The van der Waals surface area contributed by atoms with E-state index in [2.05, 4.69) is 10.1 Å². The van der Waals surface area contributed by atoms with Crippen molar-refractivity contribution in [2.24, 2.45) is 0 Å². The van der Waals surface area contributed by atoms with Gasteiger partial charge in [0.25, 0.3) is 5.91 Å². The van der Waals surface area contributed by atoms with Gasteiger partial charge in [0.1, 0.15) is 18.0 Å². The number of imide groups is 1. The molecule has 2 rings (SSSR count). The first-order valence-electron chi connectivity index (χ1n) is 6.77. The first-order valence-corrected chi connectivity index (χ1v) is 6.77. The lowest BCUT2D eigenvalue weighted by Gasteiger charge is -2.08. The molecule has 0 aromatic heterocycles. The second-order valence-electron chi connectivity index (χ2n) is 4.61. The molecule has 0 spiro atoms. The third-order valence-corrected chi connectivity index (χ3v) is 3.14. The SMILES string of the molecule is COC(=O)CN1C(=O)N/C(=C/C=C/c2ccc(OC)cc2)C1=O. The summed E-state index contributed by atoms with van der Waals surface area (Å²) in [6.07, 6.45) is 4.88. The molecule has 1 aliphatic rings. The smallest absolute Gasteiger partial charge is 0.329 e. The molecule has 0 bridgehead atoms. The summed E-state index contributed by atoms with van der Waals surface area (Å²) in [5.74, 6) is -0.486. The number of methoxy groups -OCH3 is 2. The molecular formula is C16H16N2O5. The van der Waals surface area contributed by atoms with Crippen LogP contribution in [-0.2, 0) is 14.3 Å². The Morgan fingerprint density at radius 2 is 1.91 bits per heavy atom. The Morgan fingerprint density at radius 3 is 2.52 bits per heavy atom. The Balaban J connectivity index is 2.04. The van der Waals surface area contributed by atoms with Gasteiger partial charge in [-0.2, -0.15) is 0 Å². The van der Waals surface area contributed by atoms with E-state index in [9.17, 15) is 14.4 Å². The Morgan fingerprint density at radius 1 is 1.22 bits per heavy atom. The topological polar surface area (TPSA) is 84.9 Å². The van der Waals surface area contributed by atoms with Gasteiger partial charge in [-0.05, 0) is 23.8 Å². The lowest BCUT2D eigenvalue weighted by Crippen LogP contribution is -2.36. The van der Waals surface area contributed by atoms with Crippen LogP contribution in [0.25, 0.3) is 6.08 Å². The zero-order valence-electron chi connectivity index (χ0n) is 12.7. The van der Waals surface area contributed by atoms with Gasteiger partial charge in [0.2, 0.25) is 0 Å². The maximum atomic E-state index is 12.0. The summed E-state index contributed by atoms with van der Waals surface area (Å²) in [6.45, 7) is -0.416. The third kappa shape index (κ3) is 3.97. The molecule has 23 heavy (non-hydrogen) atoms. The number of urea groups is 1. The number of ether oxygens (including phenoxy) is 2. The van der Waals surface area contributed by atoms with E-state index in [0.29, 0.717) is 0 Å². The van der Waals surface area contributed by atoms with Crippen molar-refractivity contribution in [1.82, 2.24) is 10.2 Å². The molecule has 1 heterocycles. The first kappa shape index (κ1) is 16.3. The Labute approximate surface area is 133 Å². The predicted octanol–water partition coefficient (Wildman–Crippen LogP) is 1.32. The van der Waals surface area contributed by atoms with Crippen LogP contribution in [0.5, 0.6) is 5.75 Å². The van der Waals surface area contributed by atoms with Crippen LogP contribution < -0.4 is 10.1 Å². The van der Waals surface area contributed by atoms with Gasteiger partial charge in [-0.15, -0.1) is 0 Å². The van der Waals surface area contributed by atoms with Gasteiger partial charge in [0.05, 0.1) is 14.2 Å². The van der Waals surface area contributed by atoms with E-state index in [1.54, 1.807) is 19.3 Å². The van der Waals surface area contributed by atoms with Crippen LogP contribution in [-0.4, -0.2) is 43.6 Å². The molecule has 120 valence electrons. The van der Waals surface area contributed by atoms with Crippen molar-refractivity contribution in [1.29, 1.82) is 0 Å². The van der Waals surface area contributed by atoms with Crippen molar-refractivity contribution in [3.63, 3.8) is 0 Å². The summed E-state index contributed by atoms with van der Waals surface area (Å²) in [7, 11) is 2.78. The van der Waals surface area contributed by atoms with E-state index >= 15 is 0 Å². The number of carbonyl (C=O) groups is 3. The number of nitrogens with zero attached hydrogens (tertiary/aromatic N) is 1. The molecule has 1 saturated heterocycles. The molecule has 1 N–H and O–H groups in total. The van der Waals surface area contributed by atoms with Gasteiger partial charge in [0, 0.05) is 0 Å². The van der Waals surface area contributed by atoms with E-state index in [1.807, 2.05) is 24.3 Å². The Hall–Kier alpha value is -3.09. The monoisotopic (exact) mass is 316 g/mol. The van der Waals surface area contributed by atoms with E-state index in [-0.39, 0.29) is 5.70 Å². The number of hydrogen-bond donors (Lipinski definition) is 1. The molecule has 0 aliphatic carbocycles. The van der Waals surface area contributed by atoms with Crippen molar-refractivity contribution in [3.05, 3.63) is 47.7 Å². The zero-order valence-corrected chi connectivity index (χ0v) is 12.7. The van der Waals surface area contributed by atoms with E-state index in [4.69, 9.17) is 4.74 Å². The average molecular weight is 316 g/mol. The maximum absolute atomic E-state index is 12.0. The highest BCUT2D eigenvalue weighted by atomic mass is 16.5. The highest BCUT2D eigenvalue weighted by Crippen LogP contribution is 2.13. The van der Waals surface area contributed by atoms with Crippen molar-refractivity contribution in [2.45, 2.75) is 0 Å². The molecule has 1 aromatic carbocycles. The summed E-state index contributed by atoms with van der Waals surface area (Å²) in [6, 6.07) is 6.68. The van der Waals surface area contributed by atoms with E-state index < -0.39 is 24.5 Å². The van der Waals surface area contributed by atoms with Gasteiger partial charge >= 0.3 is 12.0 Å². The number of rotatable bonds is 5. The second kappa shape index (κ2) is 7.26. The summed E-state index contributed by atoms with van der Waals surface area (Å²) in [5, 5.41) is 2.41. The van der Waals surface area contributed by atoms with Crippen LogP contribution in [0.1, 0.15) is 5.56 Å². The Bertz CT molecular complexity index is 676. The van der Waals surface area contributed by atoms with Crippen LogP contribution in [0.2, 0.25) is 0 Å². The average Bonchev–Trinajstić information content (AvgIpc) is 2.83. The Kier molecular flexibility index (Phi) is 5.14. The third-order valence-electron chi connectivity index (χ3n) is 3.14. The van der Waals surface area contributed by atoms with Crippen LogP contribution >= 0.6 is 0 Å². The summed E-state index contributed by atoms with van der Waals surface area (Å²) in [5.41, 5.74) is 1.01. The largest absolute Gasteiger partial charge is 0.497 e. The van der Waals surface area contributed by atoms with Gasteiger partial charge < -0.3 is 14.8 Å². The minimum atomic E-state index is -0.663. The van der Waals surface area contributed by atoms with Crippen molar-refractivity contribution < 1.29 is 23.9 Å². The fourth-order valence-corrected chi connectivity index (χ4v) is 1.89. The van der Waals surface area contributed by atoms with Gasteiger partial charge in [-0.3, -0.25) is 9.59 Å². The molecule has 7 heteroatoms. The number of esters is 1. The summed E-state index contributed by atoms with van der Waals surface area (Å²) >= 11 is 0. The molecule has 1 aromatic rings. The molecule has 1 aliphatic heterocycles. The molecule has 7 nitrogen and oxygen atoms in total. The highest BCUT2D eigenvalue weighted by molar-refractivity contribution is 6.13. The lowest BCUT2D eigenvalue weighted by atomic mass is 10.2. The van der Waals surface area contributed by atoms with Gasteiger partial charge in [0.15, 0.2) is 0 Å². The van der Waals surface area contributed by atoms with Gasteiger partial charge in [-0.1, -0.05) is 24.3 Å². The predicted molar refractivity (Wildman–Crippen MR) is 82.4 cm³/mol. The number of hydrogen-bond acceptors (Lipinski definition) is 5. The molecule has 0 radical (unpaired) electrons. The maximum Gasteiger partial charge on any atom is 0.329 e. The molecular weight excluding hydrogens is 300 g/mol.